The first-order valence-corrected chi connectivity index (χ1v) is 31.6. The Labute approximate surface area is 597 Å². The lowest BCUT2D eigenvalue weighted by Crippen LogP contribution is -2.45. The molecular weight excluding hydrogens is 1410 g/mol. The van der Waals surface area contributed by atoms with Crippen molar-refractivity contribution >= 4 is 128 Å². The number of anilines is 5. The molecule has 3 aliphatic heterocycles. The fourth-order valence-electron chi connectivity index (χ4n) is 10.3. The highest BCUT2D eigenvalue weighted by Crippen LogP contribution is 2.34. The molecule has 3 aliphatic rings. The molecule has 14 rings (SSSR count). The molecule has 508 valence electrons. The van der Waals surface area contributed by atoms with E-state index in [9.17, 15) is 43.2 Å². The van der Waals surface area contributed by atoms with Crippen molar-refractivity contribution in [3.05, 3.63) is 318 Å². The zero-order chi connectivity index (χ0) is 72.2. The molecule has 0 bridgehead atoms. The number of nitrogens with one attached hydrogen (secondary N) is 6. The van der Waals surface area contributed by atoms with Crippen molar-refractivity contribution in [3.63, 3.8) is 0 Å². The number of carbonyl (C=O) groups is 5. The summed E-state index contributed by atoms with van der Waals surface area (Å²) < 4.78 is 4.23. The normalized spacial score (nSPS) is 16.2. The van der Waals surface area contributed by atoms with Gasteiger partial charge < -0.3 is 43.0 Å². The van der Waals surface area contributed by atoms with Gasteiger partial charge in [0.05, 0.1) is 0 Å². The zero-order valence-corrected chi connectivity index (χ0v) is 57.2. The molecule has 0 aliphatic carbocycles. The predicted molar refractivity (Wildman–Crippen MR) is 381 cm³/mol. The van der Waals surface area contributed by atoms with Crippen LogP contribution in [0.25, 0.3) is 0 Å². The molecule has 10 heterocycles. The Kier molecular flexibility index (Phi) is 22.9. The summed E-state index contributed by atoms with van der Waals surface area (Å²) in [6.45, 7) is 6.79. The number of primary amides is 1. The van der Waals surface area contributed by atoms with Crippen LogP contribution in [0.1, 0.15) is 96.7 Å². The molecule has 0 radical (unpaired) electrons. The summed E-state index contributed by atoms with van der Waals surface area (Å²) in [4.78, 5) is 133. The monoisotopic (exact) mass is 1460 g/mol. The number of aromatic amines is 1. The standard InChI is InChI=1S/2C18H14ClN5O2.C14H10Cl2N2O2.C8H7ClO.C6H5ClN2O2.C4H5N3/c2*1-18(11-3-2-4-12(19)9-11)23-16(25)14-6-5-13(17(26)24(14)18)22-15-7-8-20-10-21-15;1-14(8-3-2-4-9(15)7-8)17-12(19)11-6-5-10(16)13(20)18(11)14;1-6(10)7-3-2-4-8(9)5-7;7-3-1-2-4(5(8)10)9-6(3)11;5-4-1-2-6-3-7-4/h2*2-10H,1H3,(H,23,25)(H,20,21,22);2-7H,1H3,(H,17,19);2-5H,1H3;1-2H,(H2,8,10)(H,9,11);1-3H,(H2,5,6,7). The summed E-state index contributed by atoms with van der Waals surface area (Å²) in [5.74, 6) is -0.118. The molecule has 0 fully saturated rings. The molecular formula is C68H55Cl6N17O9. The summed E-state index contributed by atoms with van der Waals surface area (Å²) in [5.41, 5.74) is 9.67. The summed E-state index contributed by atoms with van der Waals surface area (Å²) in [6, 6.07) is 45.0. The number of amides is 4. The largest absolute Gasteiger partial charge is 0.384 e. The van der Waals surface area contributed by atoms with E-state index in [0.29, 0.717) is 71.2 Å². The summed E-state index contributed by atoms with van der Waals surface area (Å²) >= 11 is 35.1. The van der Waals surface area contributed by atoms with Crippen molar-refractivity contribution < 1.29 is 24.0 Å². The minimum Gasteiger partial charge on any atom is -0.384 e. The van der Waals surface area contributed by atoms with Crippen LogP contribution in [0.2, 0.25) is 30.1 Å². The Hall–Kier alpha value is -11.4. The number of benzene rings is 4. The summed E-state index contributed by atoms with van der Waals surface area (Å²) in [5, 5.41) is 16.8. The number of rotatable bonds is 9. The summed E-state index contributed by atoms with van der Waals surface area (Å²) in [7, 11) is 0. The Bertz CT molecular complexity index is 5020. The van der Waals surface area contributed by atoms with E-state index in [1.165, 1.54) is 63.9 Å². The van der Waals surface area contributed by atoms with E-state index in [-0.39, 0.29) is 67.4 Å². The minimum atomic E-state index is -1.04. The number of nitrogens with two attached hydrogens (primary N) is 2. The van der Waals surface area contributed by atoms with Gasteiger partial charge in [-0.2, -0.15) is 0 Å². The first-order valence-electron chi connectivity index (χ1n) is 29.3. The molecule has 100 heavy (non-hydrogen) atoms. The van der Waals surface area contributed by atoms with Crippen LogP contribution in [0, 0.1) is 0 Å². The van der Waals surface area contributed by atoms with E-state index in [0.717, 1.165) is 0 Å². The van der Waals surface area contributed by atoms with Crippen LogP contribution in [0.3, 0.4) is 0 Å². The molecule has 11 aromatic rings. The van der Waals surface area contributed by atoms with E-state index in [1.54, 1.807) is 167 Å². The van der Waals surface area contributed by atoms with Crippen molar-refractivity contribution in [1.82, 2.24) is 64.5 Å². The van der Waals surface area contributed by atoms with Gasteiger partial charge in [-0.1, -0.05) is 118 Å². The van der Waals surface area contributed by atoms with E-state index in [4.69, 9.17) is 81.1 Å². The lowest BCUT2D eigenvalue weighted by molar-refractivity contribution is 0.0932. The maximum atomic E-state index is 13.1. The number of hydrogen-bond acceptors (Lipinski definition) is 18. The van der Waals surface area contributed by atoms with E-state index in [2.05, 4.69) is 61.5 Å². The number of H-pyrrole nitrogens is 1. The Balaban J connectivity index is 0.000000148. The van der Waals surface area contributed by atoms with Crippen LogP contribution >= 0.6 is 69.6 Å². The summed E-state index contributed by atoms with van der Waals surface area (Å²) in [6.07, 6.45) is 8.92. The molecule has 0 saturated carbocycles. The fraction of sp³-hybridized carbons (Fsp3) is 0.103. The van der Waals surface area contributed by atoms with Crippen LogP contribution in [0.15, 0.2) is 221 Å². The van der Waals surface area contributed by atoms with Crippen molar-refractivity contribution in [1.29, 1.82) is 0 Å². The molecule has 0 saturated heterocycles. The topological polar surface area (TPSA) is 374 Å². The number of aromatic nitrogens is 10. The van der Waals surface area contributed by atoms with Gasteiger partial charge in [0.1, 0.15) is 97.6 Å². The third-order valence-electron chi connectivity index (χ3n) is 15.1. The Morgan fingerprint density at radius 3 is 1.16 bits per heavy atom. The van der Waals surface area contributed by atoms with Crippen molar-refractivity contribution in [2.24, 2.45) is 5.73 Å². The second kappa shape index (κ2) is 31.4. The number of nitrogens with zero attached hydrogens (tertiary/aromatic N) is 9. The molecule has 32 heteroatoms. The highest BCUT2D eigenvalue weighted by molar-refractivity contribution is 6.32. The van der Waals surface area contributed by atoms with Gasteiger partial charge in [0.2, 0.25) is 0 Å². The first kappa shape index (κ1) is 72.9. The quantitative estimate of drug-likeness (QED) is 0.0622. The number of ketones is 1. The van der Waals surface area contributed by atoms with Gasteiger partial charge in [0, 0.05) is 44.2 Å². The number of halogens is 6. The lowest BCUT2D eigenvalue weighted by Gasteiger charge is -2.28. The molecule has 7 aromatic heterocycles. The average molecular weight is 1470 g/mol. The molecule has 3 unspecified atom stereocenters. The van der Waals surface area contributed by atoms with Gasteiger partial charge in [-0.05, 0) is 160 Å². The molecule has 0 spiro atoms. The van der Waals surface area contributed by atoms with Gasteiger partial charge in [-0.15, -0.1) is 0 Å². The van der Waals surface area contributed by atoms with Crippen molar-refractivity contribution in [2.75, 3.05) is 16.4 Å². The van der Waals surface area contributed by atoms with E-state index >= 15 is 0 Å². The van der Waals surface area contributed by atoms with Gasteiger partial charge in [0.15, 0.2) is 5.78 Å². The van der Waals surface area contributed by atoms with Crippen molar-refractivity contribution in [2.45, 2.75) is 44.7 Å². The molecule has 4 amide bonds. The number of pyridine rings is 4. The van der Waals surface area contributed by atoms with Crippen LogP contribution in [-0.4, -0.2) is 78.0 Å². The van der Waals surface area contributed by atoms with Gasteiger partial charge in [-0.25, -0.2) is 29.9 Å². The van der Waals surface area contributed by atoms with E-state index in [1.807, 2.05) is 12.1 Å². The Morgan fingerprint density at radius 1 is 0.450 bits per heavy atom. The Morgan fingerprint density at radius 2 is 0.830 bits per heavy atom. The maximum absolute atomic E-state index is 13.1. The highest BCUT2D eigenvalue weighted by Gasteiger charge is 2.44. The smallest absolute Gasteiger partial charge is 0.277 e. The number of fused-ring (bicyclic) bond motifs is 3. The van der Waals surface area contributed by atoms with Gasteiger partial charge in [0.25, 0.3) is 45.9 Å². The number of nitrogen functional groups attached to an aromatic ring is 1. The second-order valence-corrected chi connectivity index (χ2v) is 24.5. The maximum Gasteiger partial charge on any atom is 0.277 e. The zero-order valence-electron chi connectivity index (χ0n) is 52.7. The minimum absolute atomic E-state index is 0.0370. The van der Waals surface area contributed by atoms with E-state index < -0.39 is 34.0 Å². The molecule has 10 N–H and O–H groups in total. The van der Waals surface area contributed by atoms with Crippen LogP contribution in [0.4, 0.5) is 28.8 Å². The van der Waals surface area contributed by atoms with Crippen LogP contribution in [0.5, 0.6) is 0 Å². The van der Waals surface area contributed by atoms with Crippen LogP contribution in [-0.2, 0) is 17.0 Å². The number of Topliss-reactive ketones (excluding diaryl/α,β-unsaturated/α-hetero) is 1. The van der Waals surface area contributed by atoms with Gasteiger partial charge in [-0.3, -0.25) is 56.9 Å². The second-order valence-electron chi connectivity index (χ2n) is 21.9. The third-order valence-corrected chi connectivity index (χ3v) is 16.6. The fourth-order valence-corrected chi connectivity index (χ4v) is 11.3. The lowest BCUT2D eigenvalue weighted by atomic mass is 10.0. The number of carbonyl (C=O) groups excluding carboxylic acids is 5. The molecule has 3 atom stereocenters. The average Bonchev–Trinajstić information content (AvgIpc) is 1.59. The predicted octanol–water partition coefficient (Wildman–Crippen LogP) is 10.3. The molecule has 26 nitrogen and oxygen atoms in total. The first-order chi connectivity index (χ1) is 47.6. The van der Waals surface area contributed by atoms with Gasteiger partial charge >= 0.3 is 0 Å². The number of hydrogen-bond donors (Lipinski definition) is 8. The van der Waals surface area contributed by atoms with Crippen molar-refractivity contribution in [3.8, 4) is 0 Å². The third kappa shape index (κ3) is 16.6. The SMILES string of the molecule is CC(=O)c1cccc(Cl)c1.CC1(c2cccc(Cl)c2)NC(=O)c2ccc(Cl)c(=O)n21.CC1(c2cccc(Cl)c2)NC(=O)c2ccc(Nc3ccncn3)c(=O)n21.CC1(c2cccc(Cl)c2)NC(=O)c2ccc(Nc3ccncn3)c(=O)n21.NC(=O)c1ccc(Cl)c(=O)[nH]1.Nc1ccncn1. The highest BCUT2D eigenvalue weighted by atomic mass is 35.5. The molecule has 4 aromatic carbocycles. The van der Waals surface area contributed by atoms with Crippen LogP contribution < -0.4 is 60.3 Å².